The topological polar surface area (TPSA) is 91.7 Å². The number of carbonyl (C=O) groups excluding carboxylic acids is 2. The first-order chi connectivity index (χ1) is 11.8. The minimum Gasteiger partial charge on any atom is -0.378 e. The molecule has 9 nitrogen and oxygen atoms in total. The van der Waals surface area contributed by atoms with Gasteiger partial charge in [0, 0.05) is 13.1 Å². The third-order valence-electron chi connectivity index (χ3n) is 3.97. The quantitative estimate of drug-likeness (QED) is 0.842. The summed E-state index contributed by atoms with van der Waals surface area (Å²) < 4.78 is 6.57. The summed E-state index contributed by atoms with van der Waals surface area (Å²) in [5.74, 6) is 0.117. The molecule has 1 saturated heterocycles. The molecule has 1 aromatic heterocycles. The third-order valence-corrected chi connectivity index (χ3v) is 3.97. The molecular weight excluding hydrogens is 312 g/mol. The molecule has 9 heteroatoms. The maximum absolute atomic E-state index is 12.6. The zero-order chi connectivity index (χ0) is 16.5. The van der Waals surface area contributed by atoms with Crippen molar-refractivity contribution in [1.29, 1.82) is 0 Å². The van der Waals surface area contributed by atoms with E-state index >= 15 is 0 Å². The molecule has 0 atom stereocenters. The van der Waals surface area contributed by atoms with E-state index in [0.29, 0.717) is 37.8 Å². The Bertz CT molecular complexity index is 769. The third kappa shape index (κ3) is 2.39. The highest BCUT2D eigenvalue weighted by Crippen LogP contribution is 2.23. The number of amides is 2. The molecule has 0 bridgehead atoms. The van der Waals surface area contributed by atoms with Gasteiger partial charge in [0.15, 0.2) is 11.5 Å². The molecule has 2 aromatic rings. The van der Waals surface area contributed by atoms with Crippen LogP contribution in [0.4, 0.5) is 16.3 Å². The summed E-state index contributed by atoms with van der Waals surface area (Å²) in [5, 5.41) is 1.34. The fraction of sp³-hybridized carbons (Fsp3) is 0.267. The summed E-state index contributed by atoms with van der Waals surface area (Å²) >= 11 is 0. The van der Waals surface area contributed by atoms with E-state index in [-0.39, 0.29) is 17.6 Å². The van der Waals surface area contributed by atoms with Crippen LogP contribution < -0.4 is 16.0 Å². The van der Waals surface area contributed by atoms with Gasteiger partial charge in [-0.1, -0.05) is 18.2 Å². The van der Waals surface area contributed by atoms with E-state index in [2.05, 4.69) is 15.9 Å². The molecule has 0 saturated carbocycles. The van der Waals surface area contributed by atoms with Gasteiger partial charge < -0.3 is 9.64 Å². The Hall–Kier alpha value is -2.91. The monoisotopic (exact) mass is 328 g/mol. The van der Waals surface area contributed by atoms with Crippen molar-refractivity contribution in [3.8, 4) is 0 Å². The fourth-order valence-corrected chi connectivity index (χ4v) is 2.70. The van der Waals surface area contributed by atoms with E-state index < -0.39 is 0 Å². The van der Waals surface area contributed by atoms with E-state index in [1.807, 2.05) is 18.2 Å². The maximum Gasteiger partial charge on any atom is 0.351 e. The van der Waals surface area contributed by atoms with Gasteiger partial charge in [0.25, 0.3) is 5.91 Å². The Kier molecular flexibility index (Phi) is 3.63. The van der Waals surface area contributed by atoms with Gasteiger partial charge in [-0.05, 0) is 12.1 Å². The van der Waals surface area contributed by atoms with Crippen LogP contribution in [-0.4, -0.2) is 52.7 Å². The van der Waals surface area contributed by atoms with Crippen LogP contribution >= 0.6 is 0 Å². The van der Waals surface area contributed by atoms with Crippen molar-refractivity contribution in [2.75, 3.05) is 36.7 Å². The predicted octanol–water partition coefficient (Wildman–Crippen LogP) is 0.675. The summed E-state index contributed by atoms with van der Waals surface area (Å²) in [5.41, 5.74) is 6.58. The molecule has 2 aliphatic rings. The Morgan fingerprint density at radius 1 is 1.17 bits per heavy atom. The van der Waals surface area contributed by atoms with Gasteiger partial charge in [-0.15, -0.1) is 5.53 Å². The molecule has 24 heavy (non-hydrogen) atoms. The number of hydrogen-bond acceptors (Lipinski definition) is 6. The first-order valence-electron chi connectivity index (χ1n) is 7.61. The number of rotatable bonds is 2. The molecule has 1 fully saturated rings. The molecule has 2 N–H and O–H groups in total. The molecule has 0 aliphatic carbocycles. The van der Waals surface area contributed by atoms with Gasteiger partial charge in [-0.3, -0.25) is 10.2 Å². The van der Waals surface area contributed by atoms with Gasteiger partial charge in [-0.2, -0.15) is 0 Å². The fourth-order valence-electron chi connectivity index (χ4n) is 2.70. The van der Waals surface area contributed by atoms with Crippen LogP contribution in [0.3, 0.4) is 0 Å². The summed E-state index contributed by atoms with van der Waals surface area (Å²) in [6, 6.07) is 8.79. The van der Waals surface area contributed by atoms with Gasteiger partial charge in [0.2, 0.25) is 0 Å². The second-order valence-corrected chi connectivity index (χ2v) is 5.41. The van der Waals surface area contributed by atoms with Crippen LogP contribution in [0.15, 0.2) is 36.7 Å². The number of fused-ring (bicyclic) bond motifs is 1. The molecule has 1 aromatic carbocycles. The van der Waals surface area contributed by atoms with Gasteiger partial charge in [0.05, 0.1) is 18.9 Å². The molecule has 0 radical (unpaired) electrons. The van der Waals surface area contributed by atoms with Crippen molar-refractivity contribution in [3.05, 3.63) is 42.4 Å². The van der Waals surface area contributed by atoms with E-state index in [9.17, 15) is 9.59 Å². The van der Waals surface area contributed by atoms with Gasteiger partial charge in [-0.25, -0.2) is 19.4 Å². The van der Waals surface area contributed by atoms with Crippen molar-refractivity contribution in [3.63, 3.8) is 0 Å². The molecule has 2 amide bonds. The predicted molar refractivity (Wildman–Crippen MR) is 85.4 cm³/mol. The smallest absolute Gasteiger partial charge is 0.351 e. The molecule has 2 aliphatic heterocycles. The second-order valence-electron chi connectivity index (χ2n) is 5.41. The second kappa shape index (κ2) is 5.95. The summed E-state index contributed by atoms with van der Waals surface area (Å²) in [7, 11) is 0. The average Bonchev–Trinajstić information content (AvgIpc) is 3.08. The number of aromatic nitrogens is 2. The van der Waals surface area contributed by atoms with E-state index in [1.165, 1.54) is 15.9 Å². The summed E-state index contributed by atoms with van der Waals surface area (Å²) in [6.07, 6.45) is 1.36. The minimum absolute atomic E-state index is 0.213. The molecule has 3 heterocycles. The Balaban J connectivity index is 1.61. The Morgan fingerprint density at radius 2 is 1.92 bits per heavy atom. The van der Waals surface area contributed by atoms with Crippen LogP contribution in [0.5, 0.6) is 0 Å². The number of nitrogens with one attached hydrogen (secondary N) is 2. The number of morpholine rings is 1. The van der Waals surface area contributed by atoms with Crippen LogP contribution in [0, 0.1) is 0 Å². The van der Waals surface area contributed by atoms with Crippen LogP contribution in [-0.2, 0) is 4.74 Å². The highest BCUT2D eigenvalue weighted by molar-refractivity contribution is 6.02. The first kappa shape index (κ1) is 14.7. The minimum atomic E-state index is -0.344. The lowest BCUT2D eigenvalue weighted by Gasteiger charge is -2.30. The number of nitrogens with zero attached hydrogens (tertiary/aromatic N) is 4. The highest BCUT2D eigenvalue weighted by atomic mass is 16.5. The number of carbonyl (C=O) groups is 2. The number of imidazole rings is 1. The molecule has 4 rings (SSSR count). The lowest BCUT2D eigenvalue weighted by atomic mass is 10.3. The number of hydrazine groups is 2. The zero-order valence-corrected chi connectivity index (χ0v) is 12.8. The lowest BCUT2D eigenvalue weighted by Crippen LogP contribution is -2.53. The van der Waals surface area contributed by atoms with Crippen LogP contribution in [0.1, 0.15) is 10.5 Å². The van der Waals surface area contributed by atoms with Crippen molar-refractivity contribution >= 4 is 23.4 Å². The lowest BCUT2D eigenvalue weighted by molar-refractivity contribution is 0.0300. The van der Waals surface area contributed by atoms with Crippen molar-refractivity contribution < 1.29 is 14.3 Å². The van der Waals surface area contributed by atoms with Gasteiger partial charge in [0.1, 0.15) is 6.33 Å². The summed E-state index contributed by atoms with van der Waals surface area (Å²) in [6.45, 7) is 2.05. The molecule has 0 unspecified atom stereocenters. The average molecular weight is 328 g/mol. The number of para-hydroxylation sites is 1. The van der Waals surface area contributed by atoms with Crippen molar-refractivity contribution in [2.24, 2.45) is 0 Å². The largest absolute Gasteiger partial charge is 0.378 e. The van der Waals surface area contributed by atoms with Crippen molar-refractivity contribution in [1.82, 2.24) is 20.0 Å². The Labute approximate surface area is 137 Å². The van der Waals surface area contributed by atoms with Crippen LogP contribution in [0.2, 0.25) is 0 Å². The number of hydrogen-bond donors (Lipinski definition) is 2. The van der Waals surface area contributed by atoms with E-state index in [0.717, 1.165) is 0 Å². The maximum atomic E-state index is 12.6. The van der Waals surface area contributed by atoms with E-state index in [1.54, 1.807) is 17.0 Å². The zero-order valence-electron chi connectivity index (χ0n) is 12.8. The van der Waals surface area contributed by atoms with Crippen LogP contribution in [0.25, 0.3) is 0 Å². The normalized spacial score (nSPS) is 17.4. The number of ether oxygens (including phenoxy) is 1. The molecular formula is C15H16N6O3. The van der Waals surface area contributed by atoms with Gasteiger partial charge >= 0.3 is 6.03 Å². The highest BCUT2D eigenvalue weighted by Gasteiger charge is 2.32. The number of benzene rings is 1. The van der Waals surface area contributed by atoms with E-state index in [4.69, 9.17) is 4.74 Å². The number of anilines is 2. The summed E-state index contributed by atoms with van der Waals surface area (Å²) in [4.78, 5) is 31.0. The standard InChI is InChI=1S/C15H16N6O3/c22-14(19-6-8-24-9-7-19)12-13-17-18-21(11-4-2-1-3-5-11)15(23)20(13)10-16-12/h1-5,10,17-18H,6-9H2. The molecule has 124 valence electrons. The SMILES string of the molecule is O=C(c1ncn2c1NNN(c1ccccc1)C2=O)N1CCOCC1. The Morgan fingerprint density at radius 3 is 2.67 bits per heavy atom. The van der Waals surface area contributed by atoms with Crippen molar-refractivity contribution in [2.45, 2.75) is 0 Å². The molecule has 0 spiro atoms. The first-order valence-corrected chi connectivity index (χ1v) is 7.61.